The molecule has 2 N–H and O–H groups in total. The zero-order valence-electron chi connectivity index (χ0n) is 15.9. The van der Waals surface area contributed by atoms with Gasteiger partial charge in [-0.1, -0.05) is 11.6 Å². The van der Waals surface area contributed by atoms with Crippen LogP contribution in [0.3, 0.4) is 0 Å². The number of amides is 1. The molecule has 2 aromatic heterocycles. The molecule has 7 nitrogen and oxygen atoms in total. The Balaban J connectivity index is 1.76. The third-order valence-corrected chi connectivity index (χ3v) is 5.47. The van der Waals surface area contributed by atoms with Crippen LogP contribution >= 0.6 is 11.6 Å². The second kappa shape index (κ2) is 8.44. The molecule has 1 aliphatic heterocycles. The number of pyridine rings is 2. The molecule has 0 aromatic carbocycles. The van der Waals surface area contributed by atoms with E-state index in [0.29, 0.717) is 52.3 Å². The number of carbonyl (C=O) groups excluding carboxylic acids is 1. The Labute approximate surface area is 169 Å². The second-order valence-electron chi connectivity index (χ2n) is 6.96. The second-order valence-corrected chi connectivity index (χ2v) is 7.34. The number of ether oxygens (including phenoxy) is 1. The highest BCUT2D eigenvalue weighted by atomic mass is 35.5. The van der Waals surface area contributed by atoms with Crippen molar-refractivity contribution in [2.75, 3.05) is 24.6 Å². The molecule has 146 valence electrons. The van der Waals surface area contributed by atoms with E-state index in [-0.39, 0.29) is 5.92 Å². The van der Waals surface area contributed by atoms with Gasteiger partial charge in [-0.3, -0.25) is 4.79 Å². The van der Waals surface area contributed by atoms with Crippen LogP contribution in [0, 0.1) is 31.1 Å². The molecule has 28 heavy (non-hydrogen) atoms. The first kappa shape index (κ1) is 19.9. The van der Waals surface area contributed by atoms with Crippen molar-refractivity contribution in [2.24, 2.45) is 11.7 Å². The van der Waals surface area contributed by atoms with Crippen LogP contribution in [0.5, 0.6) is 5.88 Å². The average molecular weight is 400 g/mol. The van der Waals surface area contributed by atoms with Gasteiger partial charge in [0.05, 0.1) is 34.5 Å². The van der Waals surface area contributed by atoms with Crippen LogP contribution in [0.2, 0.25) is 5.02 Å². The van der Waals surface area contributed by atoms with Gasteiger partial charge in [0.15, 0.2) is 0 Å². The summed E-state index contributed by atoms with van der Waals surface area (Å²) in [5.41, 5.74) is 7.84. The number of nitrogens with zero attached hydrogens (tertiary/aromatic N) is 4. The van der Waals surface area contributed by atoms with Crippen LogP contribution in [0.25, 0.3) is 0 Å². The summed E-state index contributed by atoms with van der Waals surface area (Å²) in [5.74, 6) is 0.726. The molecule has 1 atom stereocenters. The molecule has 3 rings (SSSR count). The standard InChI is InChI=1S/C20H22ClN5O2/c1-12-17(19(23)27)20(25-13(2)18(12)21)26-7-3-4-15(10-26)11-28-16-8-14(9-22)5-6-24-16/h5-6,8,15H,3-4,7,10-11H2,1-2H3,(H2,23,27). The fraction of sp³-hybridized carbons (Fsp3) is 0.400. The highest BCUT2D eigenvalue weighted by Crippen LogP contribution is 2.31. The van der Waals surface area contributed by atoms with Gasteiger partial charge >= 0.3 is 0 Å². The van der Waals surface area contributed by atoms with Crippen molar-refractivity contribution in [3.63, 3.8) is 0 Å². The van der Waals surface area contributed by atoms with E-state index in [2.05, 4.69) is 20.9 Å². The Morgan fingerprint density at radius 2 is 2.29 bits per heavy atom. The van der Waals surface area contributed by atoms with E-state index < -0.39 is 5.91 Å². The smallest absolute Gasteiger partial charge is 0.252 e. The molecular weight excluding hydrogens is 378 g/mol. The lowest BCUT2D eigenvalue weighted by Crippen LogP contribution is -2.39. The maximum absolute atomic E-state index is 12.0. The van der Waals surface area contributed by atoms with Crippen molar-refractivity contribution in [3.05, 3.63) is 45.7 Å². The summed E-state index contributed by atoms with van der Waals surface area (Å²) in [5, 5.41) is 9.45. The highest BCUT2D eigenvalue weighted by molar-refractivity contribution is 6.32. The first-order valence-electron chi connectivity index (χ1n) is 9.11. The number of aryl methyl sites for hydroxylation is 1. The van der Waals surface area contributed by atoms with Gasteiger partial charge in [-0.15, -0.1) is 0 Å². The minimum atomic E-state index is -0.530. The van der Waals surface area contributed by atoms with E-state index in [1.54, 1.807) is 25.3 Å². The number of nitrogens with two attached hydrogens (primary N) is 1. The quantitative estimate of drug-likeness (QED) is 0.828. The number of anilines is 1. The molecule has 3 heterocycles. The van der Waals surface area contributed by atoms with Crippen LogP contribution in [0.4, 0.5) is 5.82 Å². The molecule has 1 aliphatic rings. The topological polar surface area (TPSA) is 105 Å². The van der Waals surface area contributed by atoms with Gasteiger partial charge in [0, 0.05) is 31.3 Å². The molecule has 0 radical (unpaired) electrons. The molecule has 0 bridgehead atoms. The zero-order valence-corrected chi connectivity index (χ0v) is 16.7. The van der Waals surface area contributed by atoms with Crippen molar-refractivity contribution in [3.8, 4) is 11.9 Å². The first-order chi connectivity index (χ1) is 13.4. The molecule has 0 saturated carbocycles. The van der Waals surface area contributed by atoms with Crippen molar-refractivity contribution < 1.29 is 9.53 Å². The van der Waals surface area contributed by atoms with Crippen molar-refractivity contribution in [2.45, 2.75) is 26.7 Å². The van der Waals surface area contributed by atoms with Gasteiger partial charge in [0.2, 0.25) is 5.88 Å². The van der Waals surface area contributed by atoms with Crippen LogP contribution < -0.4 is 15.4 Å². The minimum absolute atomic E-state index is 0.236. The van der Waals surface area contributed by atoms with E-state index >= 15 is 0 Å². The van der Waals surface area contributed by atoms with Crippen molar-refractivity contribution in [1.29, 1.82) is 5.26 Å². The van der Waals surface area contributed by atoms with Crippen LogP contribution in [0.15, 0.2) is 18.3 Å². The highest BCUT2D eigenvalue weighted by Gasteiger charge is 2.27. The molecule has 0 aliphatic carbocycles. The number of piperidine rings is 1. The Morgan fingerprint density at radius 1 is 1.50 bits per heavy atom. The fourth-order valence-electron chi connectivity index (χ4n) is 3.49. The van der Waals surface area contributed by atoms with Gasteiger partial charge < -0.3 is 15.4 Å². The lowest BCUT2D eigenvalue weighted by Gasteiger charge is -2.34. The third kappa shape index (κ3) is 4.18. The number of hydrogen-bond donors (Lipinski definition) is 1. The van der Waals surface area contributed by atoms with E-state index in [0.717, 1.165) is 19.4 Å². The number of primary amides is 1. The number of aromatic nitrogens is 2. The van der Waals surface area contributed by atoms with E-state index in [1.165, 1.54) is 0 Å². The molecule has 1 saturated heterocycles. The summed E-state index contributed by atoms with van der Waals surface area (Å²) >= 11 is 6.27. The Morgan fingerprint density at radius 3 is 3.00 bits per heavy atom. The first-order valence-corrected chi connectivity index (χ1v) is 9.49. The third-order valence-electron chi connectivity index (χ3n) is 4.91. The van der Waals surface area contributed by atoms with Gasteiger partial charge in [0.25, 0.3) is 5.91 Å². The normalized spacial score (nSPS) is 16.5. The van der Waals surface area contributed by atoms with Gasteiger partial charge in [-0.05, 0) is 38.3 Å². The van der Waals surface area contributed by atoms with Gasteiger partial charge in [-0.25, -0.2) is 9.97 Å². The predicted octanol–water partition coefficient (Wildman–Crippen LogP) is 3.01. The molecule has 1 unspecified atom stereocenters. The number of rotatable bonds is 5. The summed E-state index contributed by atoms with van der Waals surface area (Å²) in [6.45, 7) is 5.55. The number of halogens is 1. The van der Waals surface area contributed by atoms with Gasteiger partial charge in [-0.2, -0.15) is 5.26 Å². The number of nitriles is 1. The van der Waals surface area contributed by atoms with E-state index in [4.69, 9.17) is 27.3 Å². The summed E-state index contributed by atoms with van der Waals surface area (Å²) in [6.07, 6.45) is 3.50. The van der Waals surface area contributed by atoms with Crippen LogP contribution in [-0.4, -0.2) is 35.6 Å². The minimum Gasteiger partial charge on any atom is -0.477 e. The molecule has 8 heteroatoms. The SMILES string of the molecule is Cc1nc(N2CCCC(COc3cc(C#N)ccn3)C2)c(C(N)=O)c(C)c1Cl. The summed E-state index contributed by atoms with van der Waals surface area (Å²) in [6, 6.07) is 5.34. The molecule has 1 fully saturated rings. The zero-order chi connectivity index (χ0) is 20.3. The van der Waals surface area contributed by atoms with E-state index in [9.17, 15) is 4.79 Å². The fourth-order valence-corrected chi connectivity index (χ4v) is 3.63. The monoisotopic (exact) mass is 399 g/mol. The Bertz CT molecular complexity index is 941. The summed E-state index contributed by atoms with van der Waals surface area (Å²) in [7, 11) is 0. The van der Waals surface area contributed by atoms with Crippen molar-refractivity contribution >= 4 is 23.3 Å². The largest absolute Gasteiger partial charge is 0.477 e. The Hall–Kier alpha value is -2.85. The number of hydrogen-bond acceptors (Lipinski definition) is 6. The summed E-state index contributed by atoms with van der Waals surface area (Å²) < 4.78 is 5.79. The van der Waals surface area contributed by atoms with E-state index in [1.807, 2.05) is 6.92 Å². The molecule has 1 amide bonds. The van der Waals surface area contributed by atoms with Crippen LogP contribution in [0.1, 0.15) is 40.0 Å². The van der Waals surface area contributed by atoms with Crippen molar-refractivity contribution in [1.82, 2.24) is 9.97 Å². The lowest BCUT2D eigenvalue weighted by atomic mass is 9.97. The lowest BCUT2D eigenvalue weighted by molar-refractivity contribution is 0.0999. The molecule has 2 aromatic rings. The Kier molecular flexibility index (Phi) is 6.00. The average Bonchev–Trinajstić information content (AvgIpc) is 2.70. The molecular formula is C20H22ClN5O2. The van der Waals surface area contributed by atoms with Gasteiger partial charge in [0.1, 0.15) is 5.82 Å². The predicted molar refractivity (Wildman–Crippen MR) is 107 cm³/mol. The summed E-state index contributed by atoms with van der Waals surface area (Å²) in [4.78, 5) is 22.8. The number of carbonyl (C=O) groups is 1. The maximum atomic E-state index is 12.0. The maximum Gasteiger partial charge on any atom is 0.252 e. The molecule has 0 spiro atoms. The van der Waals surface area contributed by atoms with Crippen LogP contribution in [-0.2, 0) is 0 Å².